The van der Waals surface area contributed by atoms with Gasteiger partial charge in [-0.2, -0.15) is 0 Å². The Kier molecular flexibility index (Phi) is 3.23. The van der Waals surface area contributed by atoms with Gasteiger partial charge in [0.2, 0.25) is 0 Å². The summed E-state index contributed by atoms with van der Waals surface area (Å²) >= 11 is 0. The van der Waals surface area contributed by atoms with Gasteiger partial charge < -0.3 is 10.1 Å². The molecule has 3 rings (SSSR count). The Morgan fingerprint density at radius 3 is 2.70 bits per heavy atom. The van der Waals surface area contributed by atoms with Gasteiger partial charge in [0.25, 0.3) is 10.0 Å². The number of para-hydroxylation sites is 1. The number of rotatable bonds is 3. The van der Waals surface area contributed by atoms with Gasteiger partial charge in [-0.3, -0.25) is 4.72 Å². The molecule has 0 aromatic heterocycles. The van der Waals surface area contributed by atoms with Gasteiger partial charge in [-0.15, -0.1) is 0 Å². The molecule has 0 spiro atoms. The number of ether oxygens (including phenoxy) is 1. The van der Waals surface area contributed by atoms with Crippen molar-refractivity contribution in [2.45, 2.75) is 4.90 Å². The minimum atomic E-state index is -3.59. The molecule has 1 aliphatic heterocycles. The third kappa shape index (κ3) is 2.55. The lowest BCUT2D eigenvalue weighted by Gasteiger charge is -2.19. The minimum Gasteiger partial charge on any atom is -0.490 e. The summed E-state index contributed by atoms with van der Waals surface area (Å²) in [5.74, 6) is 0.676. The van der Waals surface area contributed by atoms with Crippen LogP contribution in [0.25, 0.3) is 0 Å². The first-order valence-electron chi connectivity index (χ1n) is 6.24. The standard InChI is InChI=1S/C14H14N2O3S/c17-20(18,16-11-4-2-1-3-5-11)12-6-7-14-13(10-12)15-8-9-19-14/h1-7,10,15-16H,8-9H2. The smallest absolute Gasteiger partial charge is 0.261 e. The third-order valence-electron chi connectivity index (χ3n) is 2.96. The van der Waals surface area contributed by atoms with E-state index in [2.05, 4.69) is 10.0 Å². The number of hydrogen-bond acceptors (Lipinski definition) is 4. The van der Waals surface area contributed by atoms with Crippen molar-refractivity contribution in [2.75, 3.05) is 23.2 Å². The van der Waals surface area contributed by atoms with Gasteiger partial charge in [0, 0.05) is 12.2 Å². The van der Waals surface area contributed by atoms with Crippen LogP contribution in [0.15, 0.2) is 53.4 Å². The summed E-state index contributed by atoms with van der Waals surface area (Å²) in [5.41, 5.74) is 1.24. The van der Waals surface area contributed by atoms with Crippen molar-refractivity contribution in [3.63, 3.8) is 0 Å². The second kappa shape index (κ2) is 5.05. The Labute approximate surface area is 117 Å². The summed E-state index contributed by atoms with van der Waals surface area (Å²) in [6.45, 7) is 1.25. The third-order valence-corrected chi connectivity index (χ3v) is 4.34. The number of hydrogen-bond donors (Lipinski definition) is 2. The summed E-state index contributed by atoms with van der Waals surface area (Å²) in [4.78, 5) is 0.207. The number of sulfonamides is 1. The lowest BCUT2D eigenvalue weighted by atomic mass is 10.2. The zero-order chi connectivity index (χ0) is 14.0. The summed E-state index contributed by atoms with van der Waals surface area (Å²) in [7, 11) is -3.59. The molecule has 0 fully saturated rings. The summed E-state index contributed by atoms with van der Waals surface area (Å²) in [5, 5.41) is 3.12. The van der Waals surface area contributed by atoms with Crippen LogP contribution in [0.4, 0.5) is 11.4 Å². The van der Waals surface area contributed by atoms with E-state index < -0.39 is 10.0 Å². The lowest BCUT2D eigenvalue weighted by Crippen LogP contribution is -2.19. The van der Waals surface area contributed by atoms with E-state index in [-0.39, 0.29) is 4.90 Å². The average molecular weight is 290 g/mol. The molecular weight excluding hydrogens is 276 g/mol. The second-order valence-corrected chi connectivity index (χ2v) is 6.09. The molecule has 1 heterocycles. The highest BCUT2D eigenvalue weighted by Gasteiger charge is 2.18. The molecule has 0 saturated carbocycles. The maximum Gasteiger partial charge on any atom is 0.261 e. The van der Waals surface area contributed by atoms with Crippen molar-refractivity contribution in [3.05, 3.63) is 48.5 Å². The van der Waals surface area contributed by atoms with E-state index in [9.17, 15) is 8.42 Å². The maximum atomic E-state index is 12.3. The van der Waals surface area contributed by atoms with Crippen LogP contribution in [-0.4, -0.2) is 21.6 Å². The SMILES string of the molecule is O=S(=O)(Nc1ccccc1)c1ccc2c(c1)NCCO2. The minimum absolute atomic E-state index is 0.207. The van der Waals surface area contributed by atoms with E-state index in [1.165, 1.54) is 6.07 Å². The quantitative estimate of drug-likeness (QED) is 0.910. The molecule has 2 N–H and O–H groups in total. The van der Waals surface area contributed by atoms with Crippen molar-refractivity contribution in [2.24, 2.45) is 0 Å². The molecule has 2 aromatic carbocycles. The Balaban J connectivity index is 1.91. The first kappa shape index (κ1) is 12.8. The molecule has 0 saturated heterocycles. The highest BCUT2D eigenvalue weighted by Crippen LogP contribution is 2.30. The van der Waals surface area contributed by atoms with Crippen molar-refractivity contribution in [1.29, 1.82) is 0 Å². The van der Waals surface area contributed by atoms with Gasteiger partial charge >= 0.3 is 0 Å². The molecule has 6 heteroatoms. The van der Waals surface area contributed by atoms with Crippen LogP contribution in [0.2, 0.25) is 0 Å². The molecule has 0 amide bonds. The Bertz CT molecular complexity index is 714. The topological polar surface area (TPSA) is 67.4 Å². The van der Waals surface area contributed by atoms with Crippen LogP contribution in [0.5, 0.6) is 5.75 Å². The molecule has 104 valence electrons. The fraction of sp³-hybridized carbons (Fsp3) is 0.143. The van der Waals surface area contributed by atoms with Crippen LogP contribution in [0.3, 0.4) is 0 Å². The molecule has 0 bridgehead atoms. The van der Waals surface area contributed by atoms with Crippen molar-refractivity contribution in [1.82, 2.24) is 0 Å². The molecule has 5 nitrogen and oxygen atoms in total. The fourth-order valence-corrected chi connectivity index (χ4v) is 3.09. The summed E-state index contributed by atoms with van der Waals surface area (Å²) in [6, 6.07) is 13.6. The van der Waals surface area contributed by atoms with Crippen LogP contribution >= 0.6 is 0 Å². The lowest BCUT2D eigenvalue weighted by molar-refractivity contribution is 0.323. The Morgan fingerprint density at radius 1 is 1.10 bits per heavy atom. The predicted molar refractivity (Wildman–Crippen MR) is 77.7 cm³/mol. The molecule has 20 heavy (non-hydrogen) atoms. The van der Waals surface area contributed by atoms with Gasteiger partial charge in [0.15, 0.2) is 0 Å². The Hall–Kier alpha value is -2.21. The summed E-state index contributed by atoms with van der Waals surface area (Å²) < 4.78 is 32.6. The molecule has 0 aliphatic carbocycles. The molecule has 2 aromatic rings. The number of nitrogens with one attached hydrogen (secondary N) is 2. The molecule has 1 aliphatic rings. The van der Waals surface area contributed by atoms with Gasteiger partial charge in [-0.1, -0.05) is 18.2 Å². The van der Waals surface area contributed by atoms with E-state index in [1.54, 1.807) is 36.4 Å². The molecule has 0 unspecified atom stereocenters. The van der Waals surface area contributed by atoms with Crippen molar-refractivity contribution >= 4 is 21.4 Å². The Morgan fingerprint density at radius 2 is 1.90 bits per heavy atom. The van der Waals surface area contributed by atoms with Crippen molar-refractivity contribution in [3.8, 4) is 5.75 Å². The molecule has 0 radical (unpaired) electrons. The number of fused-ring (bicyclic) bond motifs is 1. The van der Waals surface area contributed by atoms with Gasteiger partial charge in [0.1, 0.15) is 12.4 Å². The van der Waals surface area contributed by atoms with Gasteiger partial charge in [0.05, 0.1) is 10.6 Å². The van der Waals surface area contributed by atoms with Crippen LogP contribution in [0, 0.1) is 0 Å². The largest absolute Gasteiger partial charge is 0.490 e. The van der Waals surface area contributed by atoms with Crippen molar-refractivity contribution < 1.29 is 13.2 Å². The van der Waals surface area contributed by atoms with Gasteiger partial charge in [-0.25, -0.2) is 8.42 Å². The van der Waals surface area contributed by atoms with Gasteiger partial charge in [-0.05, 0) is 30.3 Å². The normalized spacial score (nSPS) is 13.8. The first-order valence-corrected chi connectivity index (χ1v) is 7.72. The van der Waals surface area contributed by atoms with E-state index in [4.69, 9.17) is 4.74 Å². The zero-order valence-electron chi connectivity index (χ0n) is 10.7. The number of anilines is 2. The average Bonchev–Trinajstić information content (AvgIpc) is 2.47. The monoisotopic (exact) mass is 290 g/mol. The van der Waals surface area contributed by atoms with E-state index in [0.29, 0.717) is 30.3 Å². The van der Waals surface area contributed by atoms with Crippen LogP contribution in [0.1, 0.15) is 0 Å². The van der Waals surface area contributed by atoms with E-state index >= 15 is 0 Å². The summed E-state index contributed by atoms with van der Waals surface area (Å²) in [6.07, 6.45) is 0. The fourth-order valence-electron chi connectivity index (χ4n) is 2.01. The number of benzene rings is 2. The predicted octanol–water partition coefficient (Wildman–Crippen LogP) is 2.29. The molecule has 0 atom stereocenters. The molecular formula is C14H14N2O3S. The highest BCUT2D eigenvalue weighted by atomic mass is 32.2. The van der Waals surface area contributed by atoms with E-state index in [0.717, 1.165) is 0 Å². The first-order chi connectivity index (χ1) is 9.65. The van der Waals surface area contributed by atoms with Crippen LogP contribution < -0.4 is 14.8 Å². The van der Waals surface area contributed by atoms with Crippen LogP contribution in [-0.2, 0) is 10.0 Å². The van der Waals surface area contributed by atoms with E-state index in [1.807, 2.05) is 6.07 Å². The maximum absolute atomic E-state index is 12.3. The zero-order valence-corrected chi connectivity index (χ0v) is 11.5. The highest BCUT2D eigenvalue weighted by molar-refractivity contribution is 7.92. The second-order valence-electron chi connectivity index (χ2n) is 4.40.